The van der Waals surface area contributed by atoms with Crippen LogP contribution in [0.3, 0.4) is 0 Å². The summed E-state index contributed by atoms with van der Waals surface area (Å²) in [6.45, 7) is 1.78. The first-order chi connectivity index (χ1) is 11.3. The Bertz CT molecular complexity index is 936. The fourth-order valence-electron chi connectivity index (χ4n) is 2.35. The van der Waals surface area contributed by atoms with Gasteiger partial charge < -0.3 is 4.57 Å². The van der Waals surface area contributed by atoms with Gasteiger partial charge in [-0.05, 0) is 18.2 Å². The van der Waals surface area contributed by atoms with Gasteiger partial charge in [-0.25, -0.2) is 9.97 Å². The summed E-state index contributed by atoms with van der Waals surface area (Å²) in [7, 11) is 0.397. The topological polar surface area (TPSA) is 60.7 Å². The van der Waals surface area contributed by atoms with Gasteiger partial charge in [-0.1, -0.05) is 6.92 Å². The van der Waals surface area contributed by atoms with Crippen LogP contribution in [0.4, 0.5) is 13.2 Å². The van der Waals surface area contributed by atoms with Crippen LogP contribution in [0.15, 0.2) is 35.5 Å². The van der Waals surface area contributed by atoms with Crippen LogP contribution in [-0.4, -0.2) is 29.5 Å². The predicted octanol–water partition coefficient (Wildman–Crippen LogP) is 3.18. The molecule has 0 fully saturated rings. The largest absolute Gasteiger partial charge is 0.433 e. The van der Waals surface area contributed by atoms with Crippen LogP contribution < -0.4 is 0 Å². The number of hydrogen-bond donors (Lipinski definition) is 0. The average Bonchev–Trinajstić information content (AvgIpc) is 2.89. The summed E-state index contributed by atoms with van der Waals surface area (Å²) in [5, 5.41) is 0. The molecule has 24 heavy (non-hydrogen) atoms. The molecule has 0 aliphatic heterocycles. The predicted molar refractivity (Wildman–Crippen MR) is 83.7 cm³/mol. The Morgan fingerprint density at radius 1 is 1.29 bits per heavy atom. The third-order valence-corrected chi connectivity index (χ3v) is 4.89. The fraction of sp³-hybridized carbons (Fsp3) is 0.267. The van der Waals surface area contributed by atoms with Crippen molar-refractivity contribution in [2.75, 3.05) is 5.75 Å². The van der Waals surface area contributed by atoms with Gasteiger partial charge >= 0.3 is 6.18 Å². The Balaban J connectivity index is 2.22. The van der Waals surface area contributed by atoms with Crippen LogP contribution in [0, 0.1) is 0 Å². The second kappa shape index (κ2) is 5.97. The summed E-state index contributed by atoms with van der Waals surface area (Å²) in [4.78, 5) is 12.4. The molecular weight excluding hydrogens is 341 g/mol. The summed E-state index contributed by atoms with van der Waals surface area (Å²) in [6.07, 6.45) is -1.87. The molecule has 3 aromatic rings. The van der Waals surface area contributed by atoms with E-state index >= 15 is 0 Å². The minimum atomic E-state index is -4.54. The molecule has 1 atom stereocenters. The van der Waals surface area contributed by atoms with Crippen LogP contribution in [-0.2, 0) is 24.0 Å². The number of alkyl halides is 3. The molecule has 0 bridgehead atoms. The van der Waals surface area contributed by atoms with Gasteiger partial charge in [0.05, 0.1) is 32.9 Å². The lowest BCUT2D eigenvalue weighted by atomic mass is 10.3. The number of aromatic nitrogens is 4. The van der Waals surface area contributed by atoms with Crippen LogP contribution in [0.5, 0.6) is 0 Å². The summed E-state index contributed by atoms with van der Waals surface area (Å²) in [6, 6.07) is 4.25. The summed E-state index contributed by atoms with van der Waals surface area (Å²) < 4.78 is 52.2. The quantitative estimate of drug-likeness (QED) is 0.725. The zero-order chi connectivity index (χ0) is 17.5. The van der Waals surface area contributed by atoms with Crippen molar-refractivity contribution in [3.05, 3.63) is 36.3 Å². The van der Waals surface area contributed by atoms with E-state index in [4.69, 9.17) is 0 Å². The SMILES string of the molecule is CCS(=O)c1cccnc1-c1nc2cc(C(F)(F)F)ncc2n1C. The lowest BCUT2D eigenvalue weighted by Crippen LogP contribution is -2.07. The molecule has 3 heterocycles. The van der Waals surface area contributed by atoms with Crippen LogP contribution in [0.25, 0.3) is 22.6 Å². The standard InChI is InChI=1S/C15H13F3N4OS/c1-3-24(23)11-5-4-6-19-13(11)14-21-9-7-12(15(16,17)18)20-8-10(9)22(14)2/h4-8H,3H2,1-2H3. The minimum absolute atomic E-state index is 0.161. The van der Waals surface area contributed by atoms with Crippen molar-refractivity contribution in [2.45, 2.75) is 18.0 Å². The zero-order valence-corrected chi connectivity index (χ0v) is 13.6. The lowest BCUT2D eigenvalue weighted by molar-refractivity contribution is -0.141. The van der Waals surface area contributed by atoms with E-state index in [0.29, 0.717) is 27.7 Å². The van der Waals surface area contributed by atoms with E-state index in [0.717, 1.165) is 12.3 Å². The molecule has 9 heteroatoms. The molecular formula is C15H13F3N4OS. The van der Waals surface area contributed by atoms with Crippen LogP contribution >= 0.6 is 0 Å². The Kier molecular flexibility index (Phi) is 4.12. The van der Waals surface area contributed by atoms with Gasteiger partial charge in [0.25, 0.3) is 0 Å². The number of rotatable bonds is 3. The van der Waals surface area contributed by atoms with Crippen LogP contribution in [0.1, 0.15) is 12.6 Å². The number of nitrogens with zero attached hydrogens (tertiary/aromatic N) is 4. The molecule has 0 aliphatic carbocycles. The first-order valence-corrected chi connectivity index (χ1v) is 8.38. The number of aryl methyl sites for hydroxylation is 1. The van der Waals surface area contributed by atoms with Crippen molar-refractivity contribution in [1.29, 1.82) is 0 Å². The highest BCUT2D eigenvalue weighted by atomic mass is 32.2. The Morgan fingerprint density at radius 3 is 2.71 bits per heavy atom. The first kappa shape index (κ1) is 16.6. The molecule has 0 saturated carbocycles. The first-order valence-electron chi connectivity index (χ1n) is 7.06. The molecule has 0 N–H and O–H groups in total. The fourth-order valence-corrected chi connectivity index (χ4v) is 3.25. The van der Waals surface area contributed by atoms with E-state index in [1.807, 2.05) is 0 Å². The molecule has 0 saturated heterocycles. The number of imidazole rings is 1. The number of halogens is 3. The minimum Gasteiger partial charge on any atom is -0.325 e. The van der Waals surface area contributed by atoms with Crippen molar-refractivity contribution in [2.24, 2.45) is 7.05 Å². The van der Waals surface area contributed by atoms with E-state index in [1.54, 1.807) is 30.7 Å². The molecule has 0 aromatic carbocycles. The van der Waals surface area contributed by atoms with Crippen molar-refractivity contribution < 1.29 is 17.4 Å². The van der Waals surface area contributed by atoms with Crippen molar-refractivity contribution >= 4 is 21.8 Å². The van der Waals surface area contributed by atoms with Crippen LogP contribution in [0.2, 0.25) is 0 Å². The maximum absolute atomic E-state index is 12.8. The molecule has 1 unspecified atom stereocenters. The molecule has 0 aliphatic rings. The highest BCUT2D eigenvalue weighted by Crippen LogP contribution is 2.31. The lowest BCUT2D eigenvalue weighted by Gasteiger charge is -2.07. The third kappa shape index (κ3) is 2.79. The van der Waals surface area contributed by atoms with E-state index in [9.17, 15) is 17.4 Å². The Morgan fingerprint density at radius 2 is 2.04 bits per heavy atom. The van der Waals surface area contributed by atoms with Gasteiger partial charge in [-0.15, -0.1) is 0 Å². The van der Waals surface area contributed by atoms with Crippen molar-refractivity contribution in [1.82, 2.24) is 19.5 Å². The van der Waals surface area contributed by atoms with Gasteiger partial charge in [0.2, 0.25) is 0 Å². The monoisotopic (exact) mass is 354 g/mol. The normalized spacial score (nSPS) is 13.4. The maximum Gasteiger partial charge on any atom is 0.433 e. The number of fused-ring (bicyclic) bond motifs is 1. The van der Waals surface area contributed by atoms with E-state index in [2.05, 4.69) is 15.0 Å². The van der Waals surface area contributed by atoms with Gasteiger partial charge in [0.1, 0.15) is 11.4 Å². The number of pyridine rings is 2. The van der Waals surface area contributed by atoms with E-state index < -0.39 is 22.7 Å². The zero-order valence-electron chi connectivity index (χ0n) is 12.8. The second-order valence-corrected chi connectivity index (χ2v) is 6.74. The van der Waals surface area contributed by atoms with Gasteiger partial charge in [-0.3, -0.25) is 9.19 Å². The summed E-state index contributed by atoms with van der Waals surface area (Å²) in [5.74, 6) is 0.756. The second-order valence-electron chi connectivity index (χ2n) is 5.03. The highest BCUT2D eigenvalue weighted by Gasteiger charge is 2.33. The third-order valence-electron chi connectivity index (χ3n) is 3.55. The van der Waals surface area contributed by atoms with Gasteiger partial charge in [-0.2, -0.15) is 13.2 Å². The Labute approximate surface area is 138 Å². The molecule has 5 nitrogen and oxygen atoms in total. The Hall–Kier alpha value is -2.29. The smallest absolute Gasteiger partial charge is 0.325 e. The maximum atomic E-state index is 12.8. The van der Waals surface area contributed by atoms with E-state index in [1.165, 1.54) is 6.20 Å². The molecule has 126 valence electrons. The molecule has 0 amide bonds. The summed E-state index contributed by atoms with van der Waals surface area (Å²) >= 11 is 0. The molecule has 3 aromatic heterocycles. The molecule has 3 rings (SSSR count). The number of hydrogen-bond acceptors (Lipinski definition) is 4. The molecule has 0 radical (unpaired) electrons. The average molecular weight is 354 g/mol. The van der Waals surface area contributed by atoms with Gasteiger partial charge in [0, 0.05) is 19.0 Å². The van der Waals surface area contributed by atoms with Crippen molar-refractivity contribution in [3.63, 3.8) is 0 Å². The summed E-state index contributed by atoms with van der Waals surface area (Å²) in [5.41, 5.74) is -0.00596. The molecule has 0 spiro atoms. The van der Waals surface area contributed by atoms with Gasteiger partial charge in [0.15, 0.2) is 5.82 Å². The van der Waals surface area contributed by atoms with E-state index in [-0.39, 0.29) is 5.52 Å². The highest BCUT2D eigenvalue weighted by molar-refractivity contribution is 7.85. The van der Waals surface area contributed by atoms with Crippen molar-refractivity contribution in [3.8, 4) is 11.5 Å².